The molecule has 0 aromatic rings. The van der Waals surface area contributed by atoms with Crippen LogP contribution in [-0.2, 0) is 9.53 Å². The number of hydrogen-bond acceptors (Lipinski definition) is 4. The minimum Gasteiger partial charge on any atom is -0.515 e. The summed E-state index contributed by atoms with van der Waals surface area (Å²) in [5, 5.41) is 8.43. The molecule has 0 bridgehead atoms. The van der Waals surface area contributed by atoms with E-state index in [1.807, 2.05) is 0 Å². The lowest BCUT2D eigenvalue weighted by Crippen LogP contribution is -2.21. The Labute approximate surface area is 82.1 Å². The van der Waals surface area contributed by atoms with Crippen LogP contribution in [0.4, 0.5) is 4.79 Å². The van der Waals surface area contributed by atoms with Gasteiger partial charge in [0, 0.05) is 6.21 Å². The van der Waals surface area contributed by atoms with Crippen LogP contribution in [0.15, 0.2) is 16.8 Å². The van der Waals surface area contributed by atoms with E-state index in [4.69, 9.17) is 9.84 Å². The molecule has 0 aromatic carbocycles. The number of carbonyl (C=O) groups excluding carboxylic acids is 2. The summed E-state index contributed by atoms with van der Waals surface area (Å²) in [7, 11) is 0. The fraction of sp³-hybridized carbons (Fsp3) is 0.444. The molecular formula is C9H13NO4. The summed E-state index contributed by atoms with van der Waals surface area (Å²) in [4.78, 5) is 24.4. The van der Waals surface area contributed by atoms with Gasteiger partial charge in [0.05, 0.1) is 11.8 Å². The third-order valence-corrected chi connectivity index (χ3v) is 0.998. The number of aliphatic hydroxyl groups excluding tert-OH is 1. The van der Waals surface area contributed by atoms with Crippen LogP contribution < -0.4 is 0 Å². The van der Waals surface area contributed by atoms with Crippen molar-refractivity contribution in [3.8, 4) is 0 Å². The summed E-state index contributed by atoms with van der Waals surface area (Å²) >= 11 is 0. The highest BCUT2D eigenvalue weighted by atomic mass is 16.6. The summed E-state index contributed by atoms with van der Waals surface area (Å²) in [6, 6.07) is 0. The van der Waals surface area contributed by atoms with E-state index in [9.17, 15) is 9.59 Å². The van der Waals surface area contributed by atoms with Crippen molar-refractivity contribution in [1.82, 2.24) is 0 Å². The van der Waals surface area contributed by atoms with Crippen LogP contribution in [0.2, 0.25) is 0 Å². The van der Waals surface area contributed by atoms with Gasteiger partial charge in [0.1, 0.15) is 5.60 Å². The van der Waals surface area contributed by atoms with Crippen molar-refractivity contribution in [2.24, 2.45) is 4.99 Å². The summed E-state index contributed by atoms with van der Waals surface area (Å²) in [5.41, 5.74) is -0.727. The number of aldehydes is 1. The normalized spacial score (nSPS) is 12.9. The van der Waals surface area contributed by atoms with Gasteiger partial charge < -0.3 is 9.84 Å². The van der Waals surface area contributed by atoms with E-state index in [0.717, 1.165) is 6.21 Å². The topological polar surface area (TPSA) is 76.0 Å². The third kappa shape index (κ3) is 5.93. The predicted molar refractivity (Wildman–Crippen MR) is 51.5 cm³/mol. The van der Waals surface area contributed by atoms with Crippen LogP contribution in [-0.4, -0.2) is 29.3 Å². The van der Waals surface area contributed by atoms with E-state index in [2.05, 4.69) is 4.99 Å². The number of allylic oxidation sites excluding steroid dienone is 1. The van der Waals surface area contributed by atoms with E-state index >= 15 is 0 Å². The number of aliphatic hydroxyl groups is 1. The molecule has 5 heteroatoms. The maximum atomic E-state index is 11.0. The number of amides is 1. The van der Waals surface area contributed by atoms with E-state index in [1.54, 1.807) is 20.8 Å². The van der Waals surface area contributed by atoms with Gasteiger partial charge in [-0.05, 0) is 20.8 Å². The van der Waals surface area contributed by atoms with E-state index in [-0.39, 0.29) is 5.57 Å². The maximum Gasteiger partial charge on any atom is 0.434 e. The number of nitrogens with zero attached hydrogens (tertiary/aromatic N) is 1. The number of ether oxygens (including phenoxy) is 1. The summed E-state index contributed by atoms with van der Waals surface area (Å²) in [6.45, 7) is 5.09. The molecule has 0 radical (unpaired) electrons. The molecule has 5 nitrogen and oxygen atoms in total. The van der Waals surface area contributed by atoms with E-state index in [1.165, 1.54) is 0 Å². The minimum absolute atomic E-state index is 0.101. The van der Waals surface area contributed by atoms with Crippen molar-refractivity contribution in [2.75, 3.05) is 0 Å². The van der Waals surface area contributed by atoms with E-state index < -0.39 is 11.7 Å². The second-order valence-corrected chi connectivity index (χ2v) is 3.49. The molecule has 0 saturated heterocycles. The Bertz CT molecular complexity index is 273. The average molecular weight is 199 g/mol. The van der Waals surface area contributed by atoms with Crippen LogP contribution >= 0.6 is 0 Å². The Balaban J connectivity index is 4.26. The molecular weight excluding hydrogens is 186 g/mol. The molecule has 78 valence electrons. The van der Waals surface area contributed by atoms with Gasteiger partial charge in [0.15, 0.2) is 6.29 Å². The molecule has 14 heavy (non-hydrogen) atoms. The average Bonchev–Trinajstić information content (AvgIpc) is 2.03. The third-order valence-electron chi connectivity index (χ3n) is 0.998. The predicted octanol–water partition coefficient (Wildman–Crippen LogP) is 1.63. The first kappa shape index (κ1) is 12.3. The molecule has 0 fully saturated rings. The Morgan fingerprint density at radius 3 is 2.36 bits per heavy atom. The highest BCUT2D eigenvalue weighted by Gasteiger charge is 2.14. The number of rotatable bonds is 2. The van der Waals surface area contributed by atoms with Gasteiger partial charge in [-0.2, -0.15) is 4.99 Å². The second-order valence-electron chi connectivity index (χ2n) is 3.49. The zero-order chi connectivity index (χ0) is 11.2. The number of aliphatic imine (C=N–C) groups is 1. The first-order chi connectivity index (χ1) is 6.39. The minimum atomic E-state index is -0.807. The van der Waals surface area contributed by atoms with Crippen molar-refractivity contribution in [3.63, 3.8) is 0 Å². The molecule has 0 heterocycles. The lowest BCUT2D eigenvalue weighted by atomic mass is 10.2. The first-order valence-electron chi connectivity index (χ1n) is 3.95. The van der Waals surface area contributed by atoms with Crippen LogP contribution in [0.5, 0.6) is 0 Å². The van der Waals surface area contributed by atoms with Crippen LogP contribution in [0.3, 0.4) is 0 Å². The second kappa shape index (κ2) is 5.16. The highest BCUT2D eigenvalue weighted by molar-refractivity contribution is 6.04. The van der Waals surface area contributed by atoms with Gasteiger partial charge in [0.25, 0.3) is 0 Å². The molecule has 0 unspecified atom stereocenters. The van der Waals surface area contributed by atoms with Crippen molar-refractivity contribution in [2.45, 2.75) is 26.4 Å². The fourth-order valence-corrected chi connectivity index (χ4v) is 0.510. The maximum absolute atomic E-state index is 11.0. The molecule has 0 spiro atoms. The quantitative estimate of drug-likeness (QED) is 0.317. The summed E-state index contributed by atoms with van der Waals surface area (Å²) < 4.78 is 4.82. The van der Waals surface area contributed by atoms with Crippen LogP contribution in [0.1, 0.15) is 20.8 Å². The molecule has 0 atom stereocenters. The van der Waals surface area contributed by atoms with Crippen molar-refractivity contribution < 1.29 is 19.4 Å². The summed E-state index contributed by atoms with van der Waals surface area (Å²) in [5.74, 6) is 0. The summed E-state index contributed by atoms with van der Waals surface area (Å²) in [6.07, 6.45) is 1.05. The Morgan fingerprint density at radius 2 is 2.00 bits per heavy atom. The highest BCUT2D eigenvalue weighted by Crippen LogP contribution is 2.07. The molecule has 1 N–H and O–H groups in total. The monoisotopic (exact) mass is 199 g/mol. The fourth-order valence-electron chi connectivity index (χ4n) is 0.510. The van der Waals surface area contributed by atoms with E-state index in [0.29, 0.717) is 12.5 Å². The lowest BCUT2D eigenvalue weighted by molar-refractivity contribution is -0.104. The van der Waals surface area contributed by atoms with Crippen LogP contribution in [0.25, 0.3) is 0 Å². The largest absolute Gasteiger partial charge is 0.515 e. The van der Waals surface area contributed by atoms with Gasteiger partial charge in [-0.3, -0.25) is 4.79 Å². The van der Waals surface area contributed by atoms with Gasteiger partial charge in [-0.1, -0.05) is 0 Å². The van der Waals surface area contributed by atoms with Gasteiger partial charge in [0.2, 0.25) is 0 Å². The Hall–Kier alpha value is -1.65. The zero-order valence-corrected chi connectivity index (χ0v) is 8.35. The zero-order valence-electron chi connectivity index (χ0n) is 8.35. The SMILES string of the molecule is CC(C)(C)OC(=O)/N=C/C(C=O)=C/O. The molecule has 0 aliphatic heterocycles. The molecule has 0 aromatic heterocycles. The molecule has 0 aliphatic rings. The first-order valence-corrected chi connectivity index (χ1v) is 3.95. The lowest BCUT2D eigenvalue weighted by Gasteiger charge is -2.16. The van der Waals surface area contributed by atoms with Crippen molar-refractivity contribution in [3.05, 3.63) is 11.8 Å². The Morgan fingerprint density at radius 1 is 1.43 bits per heavy atom. The van der Waals surface area contributed by atoms with Gasteiger partial charge in [-0.15, -0.1) is 0 Å². The number of carbonyl (C=O) groups is 2. The van der Waals surface area contributed by atoms with Gasteiger partial charge in [-0.25, -0.2) is 4.79 Å². The number of hydrogen-bond donors (Lipinski definition) is 1. The molecule has 0 rings (SSSR count). The van der Waals surface area contributed by atoms with Crippen molar-refractivity contribution in [1.29, 1.82) is 0 Å². The standard InChI is InChI=1S/C9H13NO4/c1-9(2,3)14-8(13)10-4-7(5-11)6-12/h4-6,11H,1-3H3/b7-5-,10-4+. The van der Waals surface area contributed by atoms with Gasteiger partial charge >= 0.3 is 6.09 Å². The molecule has 0 aliphatic carbocycles. The van der Waals surface area contributed by atoms with Crippen LogP contribution in [0, 0.1) is 0 Å². The molecule has 0 saturated carbocycles. The Kier molecular flexibility index (Phi) is 4.55. The van der Waals surface area contributed by atoms with Crippen molar-refractivity contribution >= 4 is 18.6 Å². The smallest absolute Gasteiger partial charge is 0.434 e. The molecule has 1 amide bonds.